The van der Waals surface area contributed by atoms with Crippen LogP contribution in [-0.2, 0) is 4.74 Å². The molecule has 0 aliphatic heterocycles. The highest BCUT2D eigenvalue weighted by molar-refractivity contribution is 4.82. The summed E-state index contributed by atoms with van der Waals surface area (Å²) in [7, 11) is 1.81. The molecule has 0 aromatic rings. The Morgan fingerprint density at radius 1 is 0.941 bits per heavy atom. The fourth-order valence-corrected chi connectivity index (χ4v) is 3.52. The lowest BCUT2D eigenvalue weighted by atomic mass is 9.84. The van der Waals surface area contributed by atoms with Gasteiger partial charge in [-0.2, -0.15) is 0 Å². The number of nitrogens with two attached hydrogens (primary N) is 1. The topological polar surface area (TPSA) is 38.5 Å². The normalized spacial score (nSPS) is 31.9. The zero-order valence-electron chi connectivity index (χ0n) is 11.2. The predicted octanol–water partition coefficient (Wildman–Crippen LogP) is 2.70. The number of hydrogen-bond donors (Lipinski definition) is 1. The lowest BCUT2D eigenvalue weighted by molar-refractivity contribution is 0.0533. The molecule has 17 heavy (non-hydrogen) atoms. The van der Waals surface area contributed by atoms with Crippen molar-refractivity contribution in [1.82, 2.24) is 5.01 Å². The summed E-state index contributed by atoms with van der Waals surface area (Å²) in [5.74, 6) is 7.12. The van der Waals surface area contributed by atoms with Crippen molar-refractivity contribution < 1.29 is 4.74 Å². The summed E-state index contributed by atoms with van der Waals surface area (Å²) in [5, 5.41) is 2.21. The average molecular weight is 240 g/mol. The molecule has 2 rings (SSSR count). The molecule has 0 heterocycles. The van der Waals surface area contributed by atoms with Crippen LogP contribution >= 0.6 is 0 Å². The van der Waals surface area contributed by atoms with Crippen LogP contribution < -0.4 is 5.84 Å². The Kier molecular flexibility index (Phi) is 5.26. The van der Waals surface area contributed by atoms with E-state index in [-0.39, 0.29) is 0 Å². The third-order valence-corrected chi connectivity index (χ3v) is 4.64. The molecule has 2 aliphatic rings. The van der Waals surface area contributed by atoms with Gasteiger partial charge in [-0.05, 0) is 44.4 Å². The van der Waals surface area contributed by atoms with E-state index in [1.165, 1.54) is 57.8 Å². The van der Waals surface area contributed by atoms with E-state index in [4.69, 9.17) is 10.6 Å². The average Bonchev–Trinajstić information content (AvgIpc) is 2.40. The van der Waals surface area contributed by atoms with Crippen molar-refractivity contribution in [3.63, 3.8) is 0 Å². The van der Waals surface area contributed by atoms with Crippen molar-refractivity contribution in [3.05, 3.63) is 0 Å². The first kappa shape index (κ1) is 13.3. The molecule has 2 N–H and O–H groups in total. The third kappa shape index (κ3) is 3.67. The Morgan fingerprint density at radius 2 is 1.53 bits per heavy atom. The first-order valence-electron chi connectivity index (χ1n) is 7.33. The van der Waals surface area contributed by atoms with E-state index in [0.29, 0.717) is 12.1 Å². The first-order chi connectivity index (χ1) is 8.31. The highest BCUT2D eigenvalue weighted by Gasteiger charge is 2.29. The van der Waals surface area contributed by atoms with E-state index in [1.54, 1.807) is 0 Å². The molecule has 3 heteroatoms. The van der Waals surface area contributed by atoms with E-state index < -0.39 is 0 Å². The molecule has 0 radical (unpaired) electrons. The first-order valence-corrected chi connectivity index (χ1v) is 7.33. The monoisotopic (exact) mass is 240 g/mol. The maximum Gasteiger partial charge on any atom is 0.0490 e. The van der Waals surface area contributed by atoms with E-state index >= 15 is 0 Å². The van der Waals surface area contributed by atoms with Gasteiger partial charge in [0, 0.05) is 25.8 Å². The summed E-state index contributed by atoms with van der Waals surface area (Å²) in [6.07, 6.45) is 11.9. The van der Waals surface area contributed by atoms with E-state index in [1.807, 2.05) is 7.11 Å². The van der Waals surface area contributed by atoms with Crippen LogP contribution in [0.25, 0.3) is 0 Å². The second-order valence-electron chi connectivity index (χ2n) is 5.87. The number of nitrogens with zero attached hydrogens (tertiary/aromatic N) is 1. The fraction of sp³-hybridized carbons (Fsp3) is 1.00. The highest BCUT2D eigenvalue weighted by Crippen LogP contribution is 2.30. The zero-order valence-corrected chi connectivity index (χ0v) is 11.2. The Labute approximate surface area is 106 Å². The molecule has 3 nitrogen and oxygen atoms in total. The Hall–Kier alpha value is -0.120. The number of hydrogen-bond acceptors (Lipinski definition) is 3. The lowest BCUT2D eigenvalue weighted by Crippen LogP contribution is -2.50. The predicted molar refractivity (Wildman–Crippen MR) is 70.5 cm³/mol. The van der Waals surface area contributed by atoms with Gasteiger partial charge in [-0.25, -0.2) is 5.01 Å². The molecule has 2 saturated carbocycles. The van der Waals surface area contributed by atoms with Crippen molar-refractivity contribution in [2.45, 2.75) is 69.9 Å². The highest BCUT2D eigenvalue weighted by atomic mass is 16.5. The van der Waals surface area contributed by atoms with Crippen LogP contribution in [-0.4, -0.2) is 30.8 Å². The maximum absolute atomic E-state index is 6.34. The van der Waals surface area contributed by atoms with Gasteiger partial charge in [-0.1, -0.05) is 19.3 Å². The Balaban J connectivity index is 1.75. The number of hydrazine groups is 1. The minimum atomic E-state index is 0.631. The van der Waals surface area contributed by atoms with Gasteiger partial charge in [0.2, 0.25) is 0 Å². The van der Waals surface area contributed by atoms with Gasteiger partial charge in [-0.3, -0.25) is 5.84 Å². The van der Waals surface area contributed by atoms with Crippen molar-refractivity contribution in [2.75, 3.05) is 13.7 Å². The number of methoxy groups -OCH3 is 1. The largest absolute Gasteiger partial charge is 0.384 e. The maximum atomic E-state index is 6.34. The van der Waals surface area contributed by atoms with Crippen molar-refractivity contribution in [1.29, 1.82) is 0 Å². The molecule has 0 atom stereocenters. The van der Waals surface area contributed by atoms with Gasteiger partial charge in [0.25, 0.3) is 0 Å². The number of rotatable bonds is 4. The Morgan fingerprint density at radius 3 is 2.12 bits per heavy atom. The van der Waals surface area contributed by atoms with Gasteiger partial charge in [0.05, 0.1) is 0 Å². The molecule has 0 saturated heterocycles. The van der Waals surface area contributed by atoms with Gasteiger partial charge in [0.1, 0.15) is 0 Å². The molecule has 0 bridgehead atoms. The van der Waals surface area contributed by atoms with Crippen LogP contribution in [0, 0.1) is 5.92 Å². The van der Waals surface area contributed by atoms with E-state index in [2.05, 4.69) is 5.01 Å². The Bertz CT molecular complexity index is 208. The van der Waals surface area contributed by atoms with Gasteiger partial charge in [-0.15, -0.1) is 0 Å². The SMILES string of the molecule is COCC1CCC(N(N)C2CCCCC2)CC1. The standard InChI is InChI=1S/C14H28N2O/c1-17-11-12-7-9-14(10-8-12)16(15)13-5-3-2-4-6-13/h12-14H,2-11,15H2,1H3. The van der Waals surface area contributed by atoms with Gasteiger partial charge >= 0.3 is 0 Å². The summed E-state index contributed by atoms with van der Waals surface area (Å²) in [4.78, 5) is 0. The molecule has 0 unspecified atom stereocenters. The molecule has 2 aliphatic carbocycles. The van der Waals surface area contributed by atoms with E-state index in [9.17, 15) is 0 Å². The van der Waals surface area contributed by atoms with Crippen LogP contribution in [0.1, 0.15) is 57.8 Å². The molecule has 0 amide bonds. The molecule has 0 aromatic heterocycles. The van der Waals surface area contributed by atoms with Crippen LogP contribution in [0.15, 0.2) is 0 Å². The van der Waals surface area contributed by atoms with Crippen LogP contribution in [0.2, 0.25) is 0 Å². The summed E-state index contributed by atoms with van der Waals surface area (Å²) in [6.45, 7) is 0.931. The fourth-order valence-electron chi connectivity index (χ4n) is 3.52. The third-order valence-electron chi connectivity index (χ3n) is 4.64. The smallest absolute Gasteiger partial charge is 0.0490 e. The minimum Gasteiger partial charge on any atom is -0.384 e. The van der Waals surface area contributed by atoms with Crippen molar-refractivity contribution in [2.24, 2.45) is 11.8 Å². The van der Waals surface area contributed by atoms with Crippen LogP contribution in [0.5, 0.6) is 0 Å². The van der Waals surface area contributed by atoms with Gasteiger partial charge < -0.3 is 4.74 Å². The van der Waals surface area contributed by atoms with Gasteiger partial charge in [0.15, 0.2) is 0 Å². The second-order valence-corrected chi connectivity index (χ2v) is 5.87. The van der Waals surface area contributed by atoms with E-state index in [0.717, 1.165) is 12.5 Å². The summed E-state index contributed by atoms with van der Waals surface area (Å²) < 4.78 is 5.25. The zero-order chi connectivity index (χ0) is 12.1. The summed E-state index contributed by atoms with van der Waals surface area (Å²) in [6, 6.07) is 1.29. The quantitative estimate of drug-likeness (QED) is 0.606. The second kappa shape index (κ2) is 6.72. The molecule has 0 aromatic carbocycles. The summed E-state index contributed by atoms with van der Waals surface area (Å²) >= 11 is 0. The molecule has 100 valence electrons. The molecular formula is C14H28N2O. The van der Waals surface area contributed by atoms with Crippen LogP contribution in [0.3, 0.4) is 0 Å². The number of ether oxygens (including phenoxy) is 1. The summed E-state index contributed by atoms with van der Waals surface area (Å²) in [5.41, 5.74) is 0. The molecule has 0 spiro atoms. The van der Waals surface area contributed by atoms with Crippen molar-refractivity contribution in [3.8, 4) is 0 Å². The van der Waals surface area contributed by atoms with Crippen LogP contribution in [0.4, 0.5) is 0 Å². The lowest BCUT2D eigenvalue weighted by Gasteiger charge is -2.39. The van der Waals surface area contributed by atoms with Crippen molar-refractivity contribution >= 4 is 0 Å². The molecule has 2 fully saturated rings. The minimum absolute atomic E-state index is 0.631. The molecular weight excluding hydrogens is 212 g/mol.